The summed E-state index contributed by atoms with van der Waals surface area (Å²) in [7, 11) is 0. The Morgan fingerprint density at radius 2 is 1.58 bits per heavy atom. The number of ether oxygens (including phenoxy) is 5. The van der Waals surface area contributed by atoms with E-state index in [4.69, 9.17) is 23.7 Å². The maximum Gasteiger partial charge on any atom is 0.230 e. The van der Waals surface area contributed by atoms with Crippen molar-refractivity contribution in [2.24, 2.45) is 40.4 Å². The molecule has 0 N–H and O–H groups in total. The molecule has 7 aliphatic rings. The summed E-state index contributed by atoms with van der Waals surface area (Å²) in [5.41, 5.74) is 1.67. The highest BCUT2D eigenvalue weighted by molar-refractivity contribution is 5.27. The molecule has 0 amide bonds. The van der Waals surface area contributed by atoms with Crippen LogP contribution in [0.5, 0.6) is 0 Å². The molecule has 3 heterocycles. The third-order valence-electron chi connectivity index (χ3n) is 11.2. The highest BCUT2D eigenvalue weighted by Gasteiger charge is 2.84. The van der Waals surface area contributed by atoms with Crippen LogP contribution in [-0.4, -0.2) is 50.7 Å². The molecule has 0 bridgehead atoms. The van der Waals surface area contributed by atoms with Crippen molar-refractivity contribution in [1.82, 2.24) is 0 Å². The zero-order chi connectivity index (χ0) is 21.1. The quantitative estimate of drug-likeness (QED) is 0.458. The Morgan fingerprint density at radius 1 is 0.871 bits per heavy atom. The van der Waals surface area contributed by atoms with Crippen LogP contribution < -0.4 is 0 Å². The number of allylic oxidation sites excluding steroid dienone is 1. The second-order valence-electron chi connectivity index (χ2n) is 11.9. The second kappa shape index (κ2) is 6.35. The van der Waals surface area contributed by atoms with Crippen LogP contribution >= 0.6 is 0 Å². The smallest absolute Gasteiger partial charge is 0.230 e. The first-order valence-corrected chi connectivity index (χ1v) is 12.8. The summed E-state index contributed by atoms with van der Waals surface area (Å²) in [5, 5.41) is 0. The first kappa shape index (κ1) is 20.0. The van der Waals surface area contributed by atoms with E-state index in [2.05, 4.69) is 20.4 Å². The molecular weight excluding hydrogens is 392 g/mol. The van der Waals surface area contributed by atoms with Gasteiger partial charge in [0, 0.05) is 5.41 Å². The maximum atomic E-state index is 6.65. The van der Waals surface area contributed by atoms with Crippen molar-refractivity contribution in [3.8, 4) is 0 Å². The van der Waals surface area contributed by atoms with E-state index in [0.29, 0.717) is 44.2 Å². The molecule has 0 spiro atoms. The summed E-state index contributed by atoms with van der Waals surface area (Å²) in [6.45, 7) is 12.8. The minimum absolute atomic E-state index is 0.120. The van der Waals surface area contributed by atoms with Gasteiger partial charge in [-0.1, -0.05) is 26.0 Å². The Bertz CT molecular complexity index is 779. The summed E-state index contributed by atoms with van der Waals surface area (Å²) >= 11 is 0. The van der Waals surface area contributed by atoms with Crippen molar-refractivity contribution in [3.05, 3.63) is 12.2 Å². The van der Waals surface area contributed by atoms with Gasteiger partial charge in [-0.15, -0.1) is 0 Å². The summed E-state index contributed by atoms with van der Waals surface area (Å²) < 4.78 is 32.6. The van der Waals surface area contributed by atoms with Crippen molar-refractivity contribution in [3.63, 3.8) is 0 Å². The van der Waals surface area contributed by atoms with Crippen LogP contribution in [0, 0.1) is 40.4 Å². The van der Waals surface area contributed by atoms with Crippen molar-refractivity contribution in [2.75, 3.05) is 33.0 Å². The van der Waals surface area contributed by atoms with E-state index < -0.39 is 11.6 Å². The fourth-order valence-corrected chi connectivity index (χ4v) is 9.90. The van der Waals surface area contributed by atoms with E-state index >= 15 is 0 Å². The van der Waals surface area contributed by atoms with Gasteiger partial charge in [-0.25, -0.2) is 0 Å². The Hall–Kier alpha value is -0.460. The zero-order valence-electron chi connectivity index (χ0n) is 19.2. The average molecular weight is 431 g/mol. The van der Waals surface area contributed by atoms with Crippen LogP contribution in [0.3, 0.4) is 0 Å². The predicted molar refractivity (Wildman–Crippen MR) is 114 cm³/mol. The maximum absolute atomic E-state index is 6.65. The molecule has 0 aromatic rings. The zero-order valence-corrected chi connectivity index (χ0v) is 19.2. The first-order chi connectivity index (χ1) is 15.0. The van der Waals surface area contributed by atoms with Gasteiger partial charge in [0.15, 0.2) is 0 Å². The summed E-state index contributed by atoms with van der Waals surface area (Å²) in [6, 6.07) is 0. The van der Waals surface area contributed by atoms with Gasteiger partial charge < -0.3 is 23.7 Å². The normalized spacial score (nSPS) is 60.3. The molecule has 0 aromatic heterocycles. The second-order valence-corrected chi connectivity index (χ2v) is 11.9. The van der Waals surface area contributed by atoms with Gasteiger partial charge in [0.2, 0.25) is 11.6 Å². The first-order valence-electron chi connectivity index (χ1n) is 12.8. The molecule has 7 fully saturated rings. The lowest BCUT2D eigenvalue weighted by Gasteiger charge is -2.62. The lowest BCUT2D eigenvalue weighted by molar-refractivity contribution is -0.482. The molecule has 4 aliphatic carbocycles. The average Bonchev–Trinajstić information content (AvgIpc) is 3.58. The lowest BCUT2D eigenvalue weighted by atomic mass is 9.43. The largest absolute Gasteiger partial charge is 0.373 e. The van der Waals surface area contributed by atoms with Crippen LogP contribution in [0.4, 0.5) is 0 Å². The minimum Gasteiger partial charge on any atom is -0.373 e. The molecule has 5 nitrogen and oxygen atoms in total. The fourth-order valence-electron chi connectivity index (χ4n) is 9.90. The molecule has 0 radical (unpaired) electrons. The SMILES string of the molecule is C=C1CCC[C@@H]2CC[C@H]3[C@@H]4[C@@H](C5CO5)C56OCCOC5(OCCO6)[C@@]4(C)CC[C@@H]3[C@@]12C. The summed E-state index contributed by atoms with van der Waals surface area (Å²) in [5.74, 6) is 1.11. The fraction of sp³-hybridized carbons (Fsp3) is 0.923. The van der Waals surface area contributed by atoms with Crippen molar-refractivity contribution < 1.29 is 23.7 Å². The molecule has 8 atom stereocenters. The summed E-state index contributed by atoms with van der Waals surface area (Å²) in [6.07, 6.45) is 9.07. The Kier molecular flexibility index (Phi) is 4.09. The van der Waals surface area contributed by atoms with Crippen molar-refractivity contribution >= 4 is 0 Å². The summed E-state index contributed by atoms with van der Waals surface area (Å²) in [4.78, 5) is 0. The minimum atomic E-state index is -0.819. The van der Waals surface area contributed by atoms with E-state index in [1.165, 1.54) is 44.1 Å². The van der Waals surface area contributed by atoms with Gasteiger partial charge in [-0.05, 0) is 74.0 Å². The Morgan fingerprint density at radius 3 is 2.29 bits per heavy atom. The molecule has 4 saturated carbocycles. The van der Waals surface area contributed by atoms with Gasteiger partial charge >= 0.3 is 0 Å². The van der Waals surface area contributed by atoms with E-state index in [0.717, 1.165) is 18.9 Å². The number of fused-ring (bicyclic) bond motifs is 5. The van der Waals surface area contributed by atoms with Gasteiger partial charge in [-0.2, -0.15) is 0 Å². The monoisotopic (exact) mass is 430 g/mol. The standard InChI is InChI=1S/C26H38O5/c1-16-5-4-6-17-7-8-18-19(24(16,17)3)9-10-23(2)21(18)22(20-15-27-20)25-26(23,30-13-11-28-25)31-14-12-29-25/h17-22H,1,4-15H2,2-3H3/t17-,18-,19+,20?,21-,22-,23+,24+,25?,26?/m1/s1. The predicted octanol–water partition coefficient (Wildman–Crippen LogP) is 4.31. The molecule has 172 valence electrons. The molecular formula is C26H38O5. The van der Waals surface area contributed by atoms with Crippen LogP contribution in [-0.2, 0) is 23.7 Å². The lowest BCUT2D eigenvalue weighted by Crippen LogP contribution is -2.71. The number of rotatable bonds is 1. The number of hydrogen-bond donors (Lipinski definition) is 0. The number of epoxide rings is 1. The van der Waals surface area contributed by atoms with Gasteiger partial charge in [0.1, 0.15) is 0 Å². The topological polar surface area (TPSA) is 49.5 Å². The van der Waals surface area contributed by atoms with E-state index in [1.54, 1.807) is 0 Å². The van der Waals surface area contributed by atoms with E-state index in [9.17, 15) is 0 Å². The molecule has 5 heteroatoms. The van der Waals surface area contributed by atoms with E-state index in [1.807, 2.05) is 0 Å². The third kappa shape index (κ3) is 2.17. The van der Waals surface area contributed by atoms with Gasteiger partial charge in [0.05, 0.1) is 45.1 Å². The molecule has 3 aliphatic heterocycles. The van der Waals surface area contributed by atoms with Crippen molar-refractivity contribution in [1.29, 1.82) is 0 Å². The Balaban J connectivity index is 1.37. The molecule has 3 saturated heterocycles. The van der Waals surface area contributed by atoms with Gasteiger partial charge in [0.25, 0.3) is 0 Å². The Labute approximate surface area is 186 Å². The third-order valence-corrected chi connectivity index (χ3v) is 11.2. The van der Waals surface area contributed by atoms with Gasteiger partial charge in [-0.3, -0.25) is 0 Å². The van der Waals surface area contributed by atoms with Crippen molar-refractivity contribution in [2.45, 2.75) is 76.5 Å². The highest BCUT2D eigenvalue weighted by Crippen LogP contribution is 2.75. The van der Waals surface area contributed by atoms with Crippen LogP contribution in [0.25, 0.3) is 0 Å². The van der Waals surface area contributed by atoms with E-state index in [-0.39, 0.29) is 22.9 Å². The molecule has 1 unspecified atom stereocenters. The van der Waals surface area contributed by atoms with Crippen LogP contribution in [0.15, 0.2) is 12.2 Å². The van der Waals surface area contributed by atoms with Crippen LogP contribution in [0.2, 0.25) is 0 Å². The molecule has 31 heavy (non-hydrogen) atoms. The molecule has 7 rings (SSSR count). The highest BCUT2D eigenvalue weighted by atomic mass is 16.8. The molecule has 0 aromatic carbocycles. The number of hydrogen-bond acceptors (Lipinski definition) is 5. The van der Waals surface area contributed by atoms with Crippen LogP contribution in [0.1, 0.15) is 58.8 Å².